The Bertz CT molecular complexity index is 534. The number of benzene rings is 1. The molecule has 0 fully saturated rings. The number of furan rings is 1. The van der Waals surface area contributed by atoms with Crippen molar-refractivity contribution in [2.45, 2.75) is 11.8 Å². The first-order valence-electron chi connectivity index (χ1n) is 5.57. The van der Waals surface area contributed by atoms with E-state index < -0.39 is 0 Å². The highest BCUT2D eigenvalue weighted by molar-refractivity contribution is 9.09. The maximum absolute atomic E-state index is 5.32. The lowest BCUT2D eigenvalue weighted by molar-refractivity contribution is 0.354. The summed E-state index contributed by atoms with van der Waals surface area (Å²) in [6.07, 6.45) is 1.69. The summed E-state index contributed by atoms with van der Waals surface area (Å²) in [5.74, 6) is 2.36. The highest BCUT2D eigenvalue weighted by Gasteiger charge is 2.16. The van der Waals surface area contributed by atoms with E-state index in [9.17, 15) is 0 Å². The topological polar surface area (TPSA) is 31.6 Å². The van der Waals surface area contributed by atoms with Gasteiger partial charge in [0.05, 0.1) is 25.3 Å². The van der Waals surface area contributed by atoms with Crippen molar-refractivity contribution in [2.24, 2.45) is 0 Å². The fourth-order valence-electron chi connectivity index (χ4n) is 1.85. The van der Waals surface area contributed by atoms with Crippen LogP contribution in [0.5, 0.6) is 11.5 Å². The molecule has 0 saturated carbocycles. The van der Waals surface area contributed by atoms with Crippen LogP contribution in [-0.2, 0) is 0 Å². The predicted molar refractivity (Wildman–Crippen MR) is 73.8 cm³/mol. The smallest absolute Gasteiger partial charge is 0.161 e. The minimum absolute atomic E-state index is 0.0797. The Hall–Kier alpha value is -1.42. The Morgan fingerprint density at radius 3 is 2.39 bits per heavy atom. The molecule has 1 aromatic carbocycles. The minimum atomic E-state index is 0.0797. The fraction of sp³-hybridized carbons (Fsp3) is 0.286. The number of hydrogen-bond donors (Lipinski definition) is 0. The largest absolute Gasteiger partial charge is 0.493 e. The van der Waals surface area contributed by atoms with Crippen LogP contribution in [0.4, 0.5) is 0 Å². The molecule has 0 N–H and O–H groups in total. The van der Waals surface area contributed by atoms with E-state index in [0.29, 0.717) is 0 Å². The number of alkyl halides is 1. The van der Waals surface area contributed by atoms with E-state index in [4.69, 9.17) is 13.9 Å². The van der Waals surface area contributed by atoms with Gasteiger partial charge in [-0.2, -0.15) is 0 Å². The Morgan fingerprint density at radius 1 is 1.11 bits per heavy atom. The molecule has 1 unspecified atom stereocenters. The molecule has 0 aliphatic rings. The molecule has 0 aliphatic carbocycles. The molecule has 0 aliphatic heterocycles. The molecule has 2 aromatic rings. The quantitative estimate of drug-likeness (QED) is 0.797. The first-order chi connectivity index (χ1) is 8.67. The maximum Gasteiger partial charge on any atom is 0.161 e. The van der Waals surface area contributed by atoms with E-state index >= 15 is 0 Å². The van der Waals surface area contributed by atoms with Crippen molar-refractivity contribution in [3.05, 3.63) is 47.4 Å². The van der Waals surface area contributed by atoms with Gasteiger partial charge in [0.25, 0.3) is 0 Å². The number of hydrogen-bond acceptors (Lipinski definition) is 3. The maximum atomic E-state index is 5.32. The van der Waals surface area contributed by atoms with Gasteiger partial charge in [0.15, 0.2) is 11.5 Å². The lowest BCUT2D eigenvalue weighted by atomic mass is 10.1. The van der Waals surface area contributed by atoms with Gasteiger partial charge in [-0.15, -0.1) is 0 Å². The van der Waals surface area contributed by atoms with Crippen molar-refractivity contribution < 1.29 is 13.9 Å². The molecule has 18 heavy (non-hydrogen) atoms. The molecule has 1 heterocycles. The predicted octanol–water partition coefficient (Wildman–Crippen LogP) is 4.09. The standard InChI is InChI=1S/C14H15BrO3/c1-9-11(6-7-18-9)14(15)10-4-5-12(16-2)13(8-10)17-3/h4-8,14H,1-3H3. The van der Waals surface area contributed by atoms with Gasteiger partial charge in [0.2, 0.25) is 0 Å². The number of rotatable bonds is 4. The highest BCUT2D eigenvalue weighted by atomic mass is 79.9. The Morgan fingerprint density at radius 2 is 1.83 bits per heavy atom. The average molecular weight is 311 g/mol. The minimum Gasteiger partial charge on any atom is -0.493 e. The van der Waals surface area contributed by atoms with E-state index in [-0.39, 0.29) is 4.83 Å². The van der Waals surface area contributed by atoms with Crippen molar-refractivity contribution in [2.75, 3.05) is 14.2 Å². The van der Waals surface area contributed by atoms with E-state index in [2.05, 4.69) is 15.9 Å². The summed E-state index contributed by atoms with van der Waals surface area (Å²) in [6, 6.07) is 7.83. The molecule has 0 amide bonds. The summed E-state index contributed by atoms with van der Waals surface area (Å²) in [6.45, 7) is 1.95. The van der Waals surface area contributed by atoms with Gasteiger partial charge < -0.3 is 13.9 Å². The Balaban J connectivity index is 2.37. The summed E-state index contributed by atoms with van der Waals surface area (Å²) in [5.41, 5.74) is 2.21. The second-order valence-electron chi connectivity index (χ2n) is 3.91. The van der Waals surface area contributed by atoms with Crippen LogP contribution in [0.15, 0.2) is 34.9 Å². The second-order valence-corrected chi connectivity index (χ2v) is 4.82. The van der Waals surface area contributed by atoms with Crippen molar-refractivity contribution >= 4 is 15.9 Å². The molecule has 4 heteroatoms. The van der Waals surface area contributed by atoms with Crippen LogP contribution in [0.2, 0.25) is 0 Å². The molecule has 1 atom stereocenters. The highest BCUT2D eigenvalue weighted by Crippen LogP contribution is 2.37. The van der Waals surface area contributed by atoms with Crippen LogP contribution in [0, 0.1) is 6.92 Å². The fourth-order valence-corrected chi connectivity index (χ4v) is 2.61. The summed E-state index contributed by atoms with van der Waals surface area (Å²) in [7, 11) is 3.26. The SMILES string of the molecule is COc1ccc(C(Br)c2ccoc2C)cc1OC. The van der Waals surface area contributed by atoms with Crippen LogP contribution in [0.1, 0.15) is 21.7 Å². The lowest BCUT2D eigenvalue weighted by Gasteiger charge is -2.13. The molecule has 96 valence electrons. The third-order valence-corrected chi connectivity index (χ3v) is 3.89. The van der Waals surface area contributed by atoms with E-state index in [1.165, 1.54) is 0 Å². The molecule has 0 radical (unpaired) electrons. The molecule has 0 bridgehead atoms. The number of aryl methyl sites for hydroxylation is 1. The zero-order valence-electron chi connectivity index (χ0n) is 10.6. The summed E-state index contributed by atoms with van der Waals surface area (Å²) in [5, 5.41) is 0. The van der Waals surface area contributed by atoms with E-state index in [0.717, 1.165) is 28.4 Å². The van der Waals surface area contributed by atoms with Gasteiger partial charge in [0, 0.05) is 5.56 Å². The summed E-state index contributed by atoms with van der Waals surface area (Å²) >= 11 is 3.68. The Labute approximate surface area is 115 Å². The molecular formula is C14H15BrO3. The van der Waals surface area contributed by atoms with Crippen LogP contribution in [-0.4, -0.2) is 14.2 Å². The second kappa shape index (κ2) is 5.48. The zero-order valence-corrected chi connectivity index (χ0v) is 12.2. The van der Waals surface area contributed by atoms with E-state index in [1.807, 2.05) is 31.2 Å². The van der Waals surface area contributed by atoms with E-state index in [1.54, 1.807) is 20.5 Å². The normalized spacial score (nSPS) is 12.2. The molecule has 1 aromatic heterocycles. The number of methoxy groups -OCH3 is 2. The average Bonchev–Trinajstić information content (AvgIpc) is 2.83. The van der Waals surface area contributed by atoms with Gasteiger partial charge in [-0.1, -0.05) is 22.0 Å². The molecule has 0 spiro atoms. The van der Waals surface area contributed by atoms with Crippen molar-refractivity contribution in [3.63, 3.8) is 0 Å². The number of halogens is 1. The van der Waals surface area contributed by atoms with Crippen molar-refractivity contribution in [3.8, 4) is 11.5 Å². The summed E-state index contributed by atoms with van der Waals surface area (Å²) < 4.78 is 15.9. The van der Waals surface area contributed by atoms with Gasteiger partial charge in [-0.25, -0.2) is 0 Å². The van der Waals surface area contributed by atoms with Crippen LogP contribution < -0.4 is 9.47 Å². The zero-order chi connectivity index (χ0) is 13.1. The monoisotopic (exact) mass is 310 g/mol. The first kappa shape index (κ1) is 13.0. The third-order valence-electron chi connectivity index (χ3n) is 2.87. The Kier molecular flexibility index (Phi) is 3.97. The number of ether oxygens (including phenoxy) is 2. The van der Waals surface area contributed by atoms with Crippen LogP contribution in [0.25, 0.3) is 0 Å². The van der Waals surface area contributed by atoms with Gasteiger partial charge in [-0.05, 0) is 30.7 Å². The van der Waals surface area contributed by atoms with Gasteiger partial charge in [-0.3, -0.25) is 0 Å². The van der Waals surface area contributed by atoms with Crippen molar-refractivity contribution in [1.82, 2.24) is 0 Å². The first-order valence-corrected chi connectivity index (χ1v) is 6.49. The molecular weight excluding hydrogens is 296 g/mol. The molecule has 2 rings (SSSR count). The molecule has 3 nitrogen and oxygen atoms in total. The van der Waals surface area contributed by atoms with Crippen LogP contribution in [0.3, 0.4) is 0 Å². The van der Waals surface area contributed by atoms with Gasteiger partial charge >= 0.3 is 0 Å². The van der Waals surface area contributed by atoms with Gasteiger partial charge in [0.1, 0.15) is 5.76 Å². The van der Waals surface area contributed by atoms with Crippen LogP contribution >= 0.6 is 15.9 Å². The summed E-state index contributed by atoms with van der Waals surface area (Å²) in [4.78, 5) is 0.0797. The third kappa shape index (κ3) is 2.38. The van der Waals surface area contributed by atoms with Crippen molar-refractivity contribution in [1.29, 1.82) is 0 Å². The lowest BCUT2D eigenvalue weighted by Crippen LogP contribution is -1.96. The molecule has 0 saturated heterocycles.